The number of hydrogen-bond acceptors (Lipinski definition) is 2. The van der Waals surface area contributed by atoms with Crippen molar-refractivity contribution < 1.29 is 0 Å². The van der Waals surface area contributed by atoms with Crippen LogP contribution in [0.1, 0.15) is 25.0 Å². The SMILES string of the molecule is CC1(C)c2ccccc2-c2ccc(-c3ccc(N(c4ccccc4)c4ccc(N(c5ccccc5)c5ccc(-c6c7ccccc7c(-c7ccccc7)c7ccccc67)cc5)cc4)cc3)cc21. The Morgan fingerprint density at radius 1 is 0.254 bits per heavy atom. The van der Waals surface area contributed by atoms with Gasteiger partial charge in [-0.05, 0) is 156 Å². The molecule has 0 saturated heterocycles. The van der Waals surface area contributed by atoms with Crippen molar-refractivity contribution in [2.75, 3.05) is 9.80 Å². The maximum absolute atomic E-state index is 2.40. The highest BCUT2D eigenvalue weighted by Crippen LogP contribution is 2.50. The molecule has 0 atom stereocenters. The lowest BCUT2D eigenvalue weighted by Crippen LogP contribution is -2.14. The minimum atomic E-state index is -0.0434. The summed E-state index contributed by atoms with van der Waals surface area (Å²) in [5, 5.41) is 5.01. The molecule has 0 N–H and O–H groups in total. The van der Waals surface area contributed by atoms with Gasteiger partial charge in [0.1, 0.15) is 0 Å². The van der Waals surface area contributed by atoms with E-state index < -0.39 is 0 Å². The molecule has 12 rings (SSSR count). The summed E-state index contributed by atoms with van der Waals surface area (Å²) in [6, 6.07) is 92.8. The zero-order valence-corrected chi connectivity index (χ0v) is 37.6. The van der Waals surface area contributed by atoms with E-state index in [4.69, 9.17) is 0 Å². The highest BCUT2D eigenvalue weighted by molar-refractivity contribution is 6.21. The summed E-state index contributed by atoms with van der Waals surface area (Å²) in [7, 11) is 0. The van der Waals surface area contributed by atoms with E-state index in [0.717, 1.165) is 34.1 Å². The number of fused-ring (bicyclic) bond motifs is 5. The number of para-hydroxylation sites is 2. The second kappa shape index (κ2) is 16.5. The highest BCUT2D eigenvalue weighted by atomic mass is 15.2. The first-order chi connectivity index (χ1) is 33.0. The Morgan fingerprint density at radius 2 is 0.582 bits per heavy atom. The monoisotopic (exact) mass is 856 g/mol. The van der Waals surface area contributed by atoms with Gasteiger partial charge in [-0.15, -0.1) is 0 Å². The van der Waals surface area contributed by atoms with Crippen molar-refractivity contribution in [1.82, 2.24) is 0 Å². The molecule has 0 radical (unpaired) electrons. The smallest absolute Gasteiger partial charge is 0.0463 e. The molecule has 0 saturated carbocycles. The maximum atomic E-state index is 2.40. The van der Waals surface area contributed by atoms with E-state index in [9.17, 15) is 0 Å². The van der Waals surface area contributed by atoms with Crippen molar-refractivity contribution in [3.8, 4) is 44.5 Å². The summed E-state index contributed by atoms with van der Waals surface area (Å²) in [6.07, 6.45) is 0. The Kier molecular flexibility index (Phi) is 9.88. The van der Waals surface area contributed by atoms with Crippen LogP contribution in [0.3, 0.4) is 0 Å². The first kappa shape index (κ1) is 40.1. The van der Waals surface area contributed by atoms with Gasteiger partial charge in [0.2, 0.25) is 0 Å². The minimum absolute atomic E-state index is 0.0434. The minimum Gasteiger partial charge on any atom is -0.311 e. The fourth-order valence-corrected chi connectivity index (χ4v) is 10.6. The van der Waals surface area contributed by atoms with E-state index in [-0.39, 0.29) is 5.41 Å². The zero-order valence-electron chi connectivity index (χ0n) is 37.6. The molecule has 0 heterocycles. The first-order valence-electron chi connectivity index (χ1n) is 23.3. The molecular formula is C65H48N2. The normalized spacial score (nSPS) is 12.4. The topological polar surface area (TPSA) is 6.48 Å². The molecule has 0 amide bonds. The second-order valence-electron chi connectivity index (χ2n) is 18.1. The number of benzene rings is 11. The summed E-state index contributed by atoms with van der Waals surface area (Å²) in [5.41, 5.74) is 19.4. The van der Waals surface area contributed by atoms with Gasteiger partial charge in [-0.25, -0.2) is 0 Å². The molecule has 11 aromatic carbocycles. The Balaban J connectivity index is 0.894. The number of nitrogens with zero attached hydrogens (tertiary/aromatic N) is 2. The molecule has 67 heavy (non-hydrogen) atoms. The zero-order chi connectivity index (χ0) is 44.9. The molecule has 0 bridgehead atoms. The van der Waals surface area contributed by atoms with Crippen LogP contribution in [-0.2, 0) is 5.41 Å². The third kappa shape index (κ3) is 6.97. The van der Waals surface area contributed by atoms with Crippen LogP contribution in [0.5, 0.6) is 0 Å². The van der Waals surface area contributed by atoms with Gasteiger partial charge < -0.3 is 9.80 Å². The van der Waals surface area contributed by atoms with Crippen LogP contribution < -0.4 is 9.80 Å². The van der Waals surface area contributed by atoms with E-state index in [1.807, 2.05) is 0 Å². The Hall–Kier alpha value is -8.46. The molecular weight excluding hydrogens is 809 g/mol. The lowest BCUT2D eigenvalue weighted by atomic mass is 9.81. The largest absolute Gasteiger partial charge is 0.311 e. The van der Waals surface area contributed by atoms with Crippen LogP contribution in [0.25, 0.3) is 66.1 Å². The van der Waals surface area contributed by atoms with E-state index in [2.05, 4.69) is 278 Å². The molecule has 1 aliphatic rings. The third-order valence-electron chi connectivity index (χ3n) is 13.8. The fourth-order valence-electron chi connectivity index (χ4n) is 10.6. The molecule has 1 aliphatic carbocycles. The Labute approximate surface area is 393 Å². The molecule has 11 aromatic rings. The predicted octanol–water partition coefficient (Wildman–Crippen LogP) is 18.2. The molecule has 2 heteroatoms. The van der Waals surface area contributed by atoms with E-state index in [1.165, 1.54) is 77.2 Å². The molecule has 0 unspecified atom stereocenters. The number of anilines is 6. The lowest BCUT2D eigenvalue weighted by Gasteiger charge is -2.28. The highest BCUT2D eigenvalue weighted by Gasteiger charge is 2.35. The van der Waals surface area contributed by atoms with Crippen LogP contribution in [0.4, 0.5) is 34.1 Å². The fraction of sp³-hybridized carbons (Fsp3) is 0.0462. The van der Waals surface area contributed by atoms with Gasteiger partial charge in [0.15, 0.2) is 0 Å². The second-order valence-corrected chi connectivity index (χ2v) is 18.1. The van der Waals surface area contributed by atoms with Gasteiger partial charge in [-0.3, -0.25) is 0 Å². The lowest BCUT2D eigenvalue weighted by molar-refractivity contribution is 0.660. The van der Waals surface area contributed by atoms with Crippen LogP contribution >= 0.6 is 0 Å². The third-order valence-corrected chi connectivity index (χ3v) is 13.8. The molecule has 0 fully saturated rings. The standard InChI is InChI=1S/C65H48N2/c1-65(2)61-29-17-16-24-55(61)56-43-34-48(44-62(56)65)45-30-35-51(36-31-45)66(49-20-8-4-9-21-49)53-39-41-54(42-40-53)67(50-22-10-5-11-23-50)52-37-32-47(33-38-52)64-59-27-14-12-25-57(59)63(46-18-6-3-7-19-46)58-26-13-15-28-60(58)64/h3-44H,1-2H3. The van der Waals surface area contributed by atoms with Crippen molar-refractivity contribution in [3.05, 3.63) is 266 Å². The van der Waals surface area contributed by atoms with Crippen molar-refractivity contribution in [2.45, 2.75) is 19.3 Å². The van der Waals surface area contributed by atoms with Crippen LogP contribution in [0.2, 0.25) is 0 Å². The molecule has 0 spiro atoms. The number of rotatable bonds is 9. The van der Waals surface area contributed by atoms with Crippen molar-refractivity contribution >= 4 is 55.7 Å². The van der Waals surface area contributed by atoms with Crippen LogP contribution in [-0.4, -0.2) is 0 Å². The molecule has 318 valence electrons. The number of hydrogen-bond donors (Lipinski definition) is 0. The van der Waals surface area contributed by atoms with Gasteiger partial charge in [0.05, 0.1) is 0 Å². The summed E-state index contributed by atoms with van der Waals surface area (Å²) in [5.74, 6) is 0. The van der Waals surface area contributed by atoms with Crippen molar-refractivity contribution in [2.24, 2.45) is 0 Å². The van der Waals surface area contributed by atoms with Gasteiger partial charge in [0.25, 0.3) is 0 Å². The van der Waals surface area contributed by atoms with Gasteiger partial charge in [0, 0.05) is 39.5 Å². The average Bonchev–Trinajstić information content (AvgIpc) is 3.62. The van der Waals surface area contributed by atoms with Crippen molar-refractivity contribution in [1.29, 1.82) is 0 Å². The molecule has 2 nitrogen and oxygen atoms in total. The van der Waals surface area contributed by atoms with Crippen LogP contribution in [0.15, 0.2) is 255 Å². The summed E-state index contributed by atoms with van der Waals surface area (Å²) in [4.78, 5) is 4.69. The van der Waals surface area contributed by atoms with Crippen molar-refractivity contribution in [3.63, 3.8) is 0 Å². The maximum Gasteiger partial charge on any atom is 0.0463 e. The van der Waals surface area contributed by atoms with Gasteiger partial charge in [-0.2, -0.15) is 0 Å². The van der Waals surface area contributed by atoms with Crippen LogP contribution in [0, 0.1) is 0 Å². The predicted molar refractivity (Wildman–Crippen MR) is 285 cm³/mol. The molecule has 0 aromatic heterocycles. The van der Waals surface area contributed by atoms with E-state index in [0.29, 0.717) is 0 Å². The summed E-state index contributed by atoms with van der Waals surface area (Å²) < 4.78 is 0. The molecule has 0 aliphatic heterocycles. The Bertz CT molecular complexity index is 3500. The summed E-state index contributed by atoms with van der Waals surface area (Å²) >= 11 is 0. The van der Waals surface area contributed by atoms with Gasteiger partial charge >= 0.3 is 0 Å². The van der Waals surface area contributed by atoms with Gasteiger partial charge in [-0.1, -0.05) is 190 Å². The van der Waals surface area contributed by atoms with E-state index in [1.54, 1.807) is 0 Å². The summed E-state index contributed by atoms with van der Waals surface area (Å²) in [6.45, 7) is 4.69. The Morgan fingerprint density at radius 3 is 1.06 bits per heavy atom. The average molecular weight is 857 g/mol. The first-order valence-corrected chi connectivity index (χ1v) is 23.3. The van der Waals surface area contributed by atoms with E-state index >= 15 is 0 Å². The quantitative estimate of drug-likeness (QED) is 0.133.